The van der Waals surface area contributed by atoms with Crippen molar-refractivity contribution >= 4 is 28.9 Å². The zero-order valence-corrected chi connectivity index (χ0v) is 11.0. The summed E-state index contributed by atoms with van der Waals surface area (Å²) in [7, 11) is 0. The Morgan fingerprint density at radius 1 is 1.00 bits per heavy atom. The lowest BCUT2D eigenvalue weighted by atomic mass is 10.1. The Labute approximate surface area is 115 Å². The minimum atomic E-state index is 0.119. The maximum absolute atomic E-state index is 5.98. The van der Waals surface area contributed by atoms with Gasteiger partial charge in [-0.05, 0) is 35.9 Å². The van der Waals surface area contributed by atoms with Gasteiger partial charge in [-0.2, -0.15) is 0 Å². The largest absolute Gasteiger partial charge is 0.489 e. The van der Waals surface area contributed by atoms with E-state index in [1.165, 1.54) is 0 Å². The van der Waals surface area contributed by atoms with Crippen LogP contribution in [-0.2, 0) is 0 Å². The molecule has 0 bridgehead atoms. The van der Waals surface area contributed by atoms with Gasteiger partial charge < -0.3 is 10.1 Å². The molecule has 4 heteroatoms. The lowest BCUT2D eigenvalue weighted by Gasteiger charge is -2.28. The second kappa shape index (κ2) is 4.71. The van der Waals surface area contributed by atoms with Crippen LogP contribution in [-0.4, -0.2) is 6.61 Å². The highest BCUT2D eigenvalue weighted by atomic mass is 35.5. The van der Waals surface area contributed by atoms with Gasteiger partial charge in [0.1, 0.15) is 12.4 Å². The first kappa shape index (κ1) is 11.7. The molecule has 2 nitrogen and oxygen atoms in total. The van der Waals surface area contributed by atoms with E-state index in [1.807, 2.05) is 42.5 Å². The van der Waals surface area contributed by atoms with Gasteiger partial charge in [0, 0.05) is 10.0 Å². The Bertz CT molecular complexity index is 569. The molecular formula is C14H11Cl2NO. The van der Waals surface area contributed by atoms with Crippen LogP contribution in [0.25, 0.3) is 0 Å². The topological polar surface area (TPSA) is 21.3 Å². The Kier molecular flexibility index (Phi) is 3.06. The van der Waals surface area contributed by atoms with Crippen LogP contribution in [0.3, 0.4) is 0 Å². The van der Waals surface area contributed by atoms with Gasteiger partial charge in [0.15, 0.2) is 0 Å². The molecule has 0 spiro atoms. The van der Waals surface area contributed by atoms with Crippen molar-refractivity contribution in [2.24, 2.45) is 0 Å². The average molecular weight is 280 g/mol. The van der Waals surface area contributed by atoms with E-state index in [-0.39, 0.29) is 6.04 Å². The van der Waals surface area contributed by atoms with Gasteiger partial charge in [0.25, 0.3) is 0 Å². The molecule has 2 aromatic rings. The Hall–Kier alpha value is -1.38. The summed E-state index contributed by atoms with van der Waals surface area (Å²) in [5.41, 5.74) is 2.07. The molecule has 0 aromatic heterocycles. The molecule has 0 fully saturated rings. The molecule has 2 aromatic carbocycles. The van der Waals surface area contributed by atoms with Crippen molar-refractivity contribution in [3.8, 4) is 5.75 Å². The van der Waals surface area contributed by atoms with Crippen molar-refractivity contribution in [3.63, 3.8) is 0 Å². The fourth-order valence-corrected chi connectivity index (χ4v) is 2.32. The van der Waals surface area contributed by atoms with Crippen LogP contribution in [0.1, 0.15) is 11.6 Å². The number of ether oxygens (including phenoxy) is 1. The molecule has 0 saturated carbocycles. The standard InChI is InChI=1S/C14H11Cl2NO/c15-10-3-1-9(2-4-10)13-8-18-14-6-5-11(16)7-12(14)17-13/h1-7,13,17H,8H2/t13-/m1/s1. The number of hydrogen-bond acceptors (Lipinski definition) is 2. The Balaban J connectivity index is 1.88. The lowest BCUT2D eigenvalue weighted by Crippen LogP contribution is -2.23. The summed E-state index contributed by atoms with van der Waals surface area (Å²) in [6, 6.07) is 13.5. The van der Waals surface area contributed by atoms with Gasteiger partial charge in [-0.3, -0.25) is 0 Å². The number of nitrogens with one attached hydrogen (secondary N) is 1. The highest BCUT2D eigenvalue weighted by molar-refractivity contribution is 6.31. The van der Waals surface area contributed by atoms with Crippen LogP contribution in [0.5, 0.6) is 5.75 Å². The van der Waals surface area contributed by atoms with Crippen LogP contribution in [0, 0.1) is 0 Å². The van der Waals surface area contributed by atoms with Gasteiger partial charge >= 0.3 is 0 Å². The summed E-state index contributed by atoms with van der Waals surface area (Å²) in [6.07, 6.45) is 0. The molecular weight excluding hydrogens is 269 g/mol. The Morgan fingerprint density at radius 3 is 2.50 bits per heavy atom. The molecule has 1 aliphatic heterocycles. The molecule has 1 aliphatic rings. The van der Waals surface area contributed by atoms with E-state index in [0.717, 1.165) is 22.0 Å². The molecule has 92 valence electrons. The molecule has 3 rings (SSSR count). The highest BCUT2D eigenvalue weighted by Crippen LogP contribution is 2.35. The van der Waals surface area contributed by atoms with Crippen molar-refractivity contribution in [1.82, 2.24) is 0 Å². The highest BCUT2D eigenvalue weighted by Gasteiger charge is 2.20. The van der Waals surface area contributed by atoms with E-state index >= 15 is 0 Å². The normalized spacial score (nSPS) is 17.6. The molecule has 1 N–H and O–H groups in total. The van der Waals surface area contributed by atoms with E-state index in [2.05, 4.69) is 5.32 Å². The lowest BCUT2D eigenvalue weighted by molar-refractivity contribution is 0.286. The number of halogens is 2. The van der Waals surface area contributed by atoms with Crippen molar-refractivity contribution in [1.29, 1.82) is 0 Å². The van der Waals surface area contributed by atoms with Gasteiger partial charge in [-0.1, -0.05) is 35.3 Å². The van der Waals surface area contributed by atoms with Crippen molar-refractivity contribution in [2.75, 3.05) is 11.9 Å². The molecule has 0 aliphatic carbocycles. The van der Waals surface area contributed by atoms with Gasteiger partial charge in [0.05, 0.1) is 11.7 Å². The maximum Gasteiger partial charge on any atom is 0.142 e. The number of benzene rings is 2. The first-order chi connectivity index (χ1) is 8.72. The molecule has 0 radical (unpaired) electrons. The molecule has 1 heterocycles. The van der Waals surface area contributed by atoms with E-state index in [9.17, 15) is 0 Å². The van der Waals surface area contributed by atoms with Crippen molar-refractivity contribution in [3.05, 3.63) is 58.1 Å². The van der Waals surface area contributed by atoms with Gasteiger partial charge in [0.2, 0.25) is 0 Å². The second-order valence-corrected chi connectivity index (χ2v) is 5.07. The quantitative estimate of drug-likeness (QED) is 0.828. The third-order valence-corrected chi connectivity index (χ3v) is 3.44. The van der Waals surface area contributed by atoms with E-state index in [4.69, 9.17) is 27.9 Å². The summed E-state index contributed by atoms with van der Waals surface area (Å²) in [5.74, 6) is 0.838. The summed E-state index contributed by atoms with van der Waals surface area (Å²) >= 11 is 11.9. The third-order valence-electron chi connectivity index (χ3n) is 2.95. The second-order valence-electron chi connectivity index (χ2n) is 4.20. The molecule has 0 amide bonds. The monoisotopic (exact) mass is 279 g/mol. The van der Waals surface area contributed by atoms with Crippen LogP contribution < -0.4 is 10.1 Å². The number of hydrogen-bond donors (Lipinski definition) is 1. The predicted molar refractivity (Wildman–Crippen MR) is 74.8 cm³/mol. The van der Waals surface area contributed by atoms with Crippen LogP contribution in [0.15, 0.2) is 42.5 Å². The smallest absolute Gasteiger partial charge is 0.142 e. The maximum atomic E-state index is 5.98. The van der Waals surface area contributed by atoms with Crippen LogP contribution in [0.2, 0.25) is 10.0 Å². The van der Waals surface area contributed by atoms with Gasteiger partial charge in [-0.15, -0.1) is 0 Å². The molecule has 0 unspecified atom stereocenters. The molecule has 18 heavy (non-hydrogen) atoms. The fourth-order valence-electron chi connectivity index (χ4n) is 2.02. The fraction of sp³-hybridized carbons (Fsp3) is 0.143. The summed E-state index contributed by atoms with van der Waals surface area (Å²) < 4.78 is 5.72. The van der Waals surface area contributed by atoms with Crippen LogP contribution >= 0.6 is 23.2 Å². The minimum Gasteiger partial charge on any atom is -0.489 e. The molecule has 1 atom stereocenters. The third kappa shape index (κ3) is 2.26. The summed E-state index contributed by atoms with van der Waals surface area (Å²) in [4.78, 5) is 0. The first-order valence-corrected chi connectivity index (χ1v) is 6.42. The predicted octanol–water partition coefficient (Wildman–Crippen LogP) is 4.54. The van der Waals surface area contributed by atoms with E-state index < -0.39 is 0 Å². The average Bonchev–Trinajstić information content (AvgIpc) is 2.38. The zero-order chi connectivity index (χ0) is 12.5. The van der Waals surface area contributed by atoms with E-state index in [1.54, 1.807) is 0 Å². The summed E-state index contributed by atoms with van der Waals surface area (Å²) in [6.45, 7) is 0.594. The number of fused-ring (bicyclic) bond motifs is 1. The zero-order valence-electron chi connectivity index (χ0n) is 9.49. The van der Waals surface area contributed by atoms with E-state index in [0.29, 0.717) is 11.6 Å². The van der Waals surface area contributed by atoms with Crippen molar-refractivity contribution in [2.45, 2.75) is 6.04 Å². The first-order valence-electron chi connectivity index (χ1n) is 5.67. The van der Waals surface area contributed by atoms with Crippen LogP contribution in [0.4, 0.5) is 5.69 Å². The number of anilines is 1. The summed E-state index contributed by atoms with van der Waals surface area (Å²) in [5, 5.41) is 4.85. The van der Waals surface area contributed by atoms with Crippen molar-refractivity contribution < 1.29 is 4.74 Å². The van der Waals surface area contributed by atoms with Gasteiger partial charge in [-0.25, -0.2) is 0 Å². The SMILES string of the molecule is Clc1ccc([C@H]2COc3ccc(Cl)cc3N2)cc1. The molecule has 0 saturated heterocycles. The Morgan fingerprint density at radius 2 is 1.72 bits per heavy atom. The number of rotatable bonds is 1. The minimum absolute atomic E-state index is 0.119.